The molecule has 1 aromatic rings. The van der Waals surface area contributed by atoms with Crippen molar-refractivity contribution in [2.24, 2.45) is 0 Å². The molecule has 7 nitrogen and oxygen atoms in total. The molecule has 2 heterocycles. The van der Waals surface area contributed by atoms with Crippen LogP contribution in [0.15, 0.2) is 10.6 Å². The maximum atomic E-state index is 12.5. The summed E-state index contributed by atoms with van der Waals surface area (Å²) in [6, 6.07) is 1.73. The van der Waals surface area contributed by atoms with Gasteiger partial charge in [0.05, 0.1) is 6.54 Å². The molecule has 1 aliphatic rings. The Morgan fingerprint density at radius 3 is 2.74 bits per heavy atom. The quantitative estimate of drug-likeness (QED) is 0.878. The van der Waals surface area contributed by atoms with Gasteiger partial charge >= 0.3 is 0 Å². The molecule has 0 aromatic carbocycles. The topological polar surface area (TPSA) is 78.7 Å². The van der Waals surface area contributed by atoms with Crippen LogP contribution in [0.1, 0.15) is 49.4 Å². The van der Waals surface area contributed by atoms with Crippen molar-refractivity contribution in [3.05, 3.63) is 17.5 Å². The molecule has 0 bridgehead atoms. The third-order valence-corrected chi connectivity index (χ3v) is 3.93. The van der Waals surface area contributed by atoms with Gasteiger partial charge in [0.2, 0.25) is 5.91 Å². The lowest BCUT2D eigenvalue weighted by atomic mass is 10.1. The van der Waals surface area contributed by atoms with Crippen molar-refractivity contribution in [2.75, 3.05) is 39.3 Å². The highest BCUT2D eigenvalue weighted by Gasteiger charge is 2.24. The average Bonchev–Trinajstić information content (AvgIpc) is 2.89. The highest BCUT2D eigenvalue weighted by molar-refractivity contribution is 5.92. The molecular formula is C16H26N4O3. The first-order valence-electron chi connectivity index (χ1n) is 8.26. The van der Waals surface area contributed by atoms with E-state index in [0.717, 1.165) is 18.7 Å². The second-order valence-electron chi connectivity index (χ2n) is 6.14. The van der Waals surface area contributed by atoms with E-state index in [4.69, 9.17) is 4.52 Å². The van der Waals surface area contributed by atoms with Crippen LogP contribution >= 0.6 is 0 Å². The smallest absolute Gasteiger partial charge is 0.276 e. The fraction of sp³-hybridized carbons (Fsp3) is 0.688. The second-order valence-corrected chi connectivity index (χ2v) is 6.14. The molecule has 1 saturated heterocycles. The fourth-order valence-electron chi connectivity index (χ4n) is 2.61. The Labute approximate surface area is 137 Å². The van der Waals surface area contributed by atoms with Crippen LogP contribution in [0.4, 0.5) is 0 Å². The normalized spacial score (nSPS) is 16.4. The Bertz CT molecular complexity index is 541. The van der Waals surface area contributed by atoms with Crippen LogP contribution in [0.5, 0.6) is 0 Å². The number of hydrogen-bond acceptors (Lipinski definition) is 5. The number of hydrogen-bond donors (Lipinski definition) is 1. The molecule has 0 unspecified atom stereocenters. The van der Waals surface area contributed by atoms with Gasteiger partial charge in [0, 0.05) is 44.7 Å². The Balaban J connectivity index is 1.91. The molecule has 1 fully saturated rings. The van der Waals surface area contributed by atoms with Crippen LogP contribution < -0.4 is 5.32 Å². The van der Waals surface area contributed by atoms with Crippen LogP contribution in [-0.2, 0) is 4.79 Å². The van der Waals surface area contributed by atoms with Crippen molar-refractivity contribution >= 4 is 11.8 Å². The van der Waals surface area contributed by atoms with Crippen LogP contribution in [0.2, 0.25) is 0 Å². The standard InChI is InChI=1S/C16H26N4O3/c1-4-17-15(21)11-19-6-5-7-20(9-8-19)16(22)13-10-14(12(2)3)23-18-13/h10,12H,4-9,11H2,1-3H3,(H,17,21). The Kier molecular flexibility index (Phi) is 6.15. The molecule has 7 heteroatoms. The highest BCUT2D eigenvalue weighted by atomic mass is 16.5. The van der Waals surface area contributed by atoms with Gasteiger partial charge in [-0.25, -0.2) is 0 Å². The fourth-order valence-corrected chi connectivity index (χ4v) is 2.61. The van der Waals surface area contributed by atoms with Crippen LogP contribution in [-0.4, -0.2) is 66.0 Å². The second kappa shape index (κ2) is 8.10. The Morgan fingerprint density at radius 1 is 1.30 bits per heavy atom. The van der Waals surface area contributed by atoms with E-state index in [1.54, 1.807) is 11.0 Å². The molecule has 2 rings (SSSR count). The summed E-state index contributed by atoms with van der Waals surface area (Å²) in [6.07, 6.45) is 0.847. The Hall–Kier alpha value is -1.89. The van der Waals surface area contributed by atoms with Gasteiger partial charge in [0.15, 0.2) is 5.69 Å². The summed E-state index contributed by atoms with van der Waals surface area (Å²) in [7, 11) is 0. The van der Waals surface area contributed by atoms with Crippen LogP contribution in [0.3, 0.4) is 0 Å². The predicted molar refractivity (Wildman–Crippen MR) is 86.2 cm³/mol. The molecule has 0 aliphatic carbocycles. The Morgan fingerprint density at radius 2 is 2.09 bits per heavy atom. The van der Waals surface area contributed by atoms with Crippen molar-refractivity contribution in [1.29, 1.82) is 0 Å². The van der Waals surface area contributed by atoms with E-state index in [0.29, 0.717) is 38.4 Å². The van der Waals surface area contributed by atoms with E-state index in [1.807, 2.05) is 20.8 Å². The summed E-state index contributed by atoms with van der Waals surface area (Å²) >= 11 is 0. The summed E-state index contributed by atoms with van der Waals surface area (Å²) in [5.74, 6) is 0.868. The summed E-state index contributed by atoms with van der Waals surface area (Å²) in [5, 5.41) is 6.69. The van der Waals surface area contributed by atoms with Gasteiger partial charge in [-0.2, -0.15) is 0 Å². The number of nitrogens with one attached hydrogen (secondary N) is 1. The van der Waals surface area contributed by atoms with Crippen molar-refractivity contribution < 1.29 is 14.1 Å². The first-order valence-corrected chi connectivity index (χ1v) is 8.26. The van der Waals surface area contributed by atoms with E-state index in [-0.39, 0.29) is 17.7 Å². The van der Waals surface area contributed by atoms with E-state index in [9.17, 15) is 9.59 Å². The summed E-state index contributed by atoms with van der Waals surface area (Å²) in [6.45, 7) is 9.72. The number of amides is 2. The number of aromatic nitrogens is 1. The van der Waals surface area contributed by atoms with Gasteiger partial charge in [-0.15, -0.1) is 0 Å². The molecule has 23 heavy (non-hydrogen) atoms. The largest absolute Gasteiger partial charge is 0.360 e. The zero-order valence-electron chi connectivity index (χ0n) is 14.2. The minimum atomic E-state index is -0.0968. The van der Waals surface area contributed by atoms with Gasteiger partial charge in [-0.05, 0) is 13.3 Å². The highest BCUT2D eigenvalue weighted by Crippen LogP contribution is 2.16. The molecular weight excluding hydrogens is 296 g/mol. The number of carbonyl (C=O) groups is 2. The van der Waals surface area contributed by atoms with Gasteiger partial charge in [0.25, 0.3) is 5.91 Å². The lowest BCUT2D eigenvalue weighted by molar-refractivity contribution is -0.122. The summed E-state index contributed by atoms with van der Waals surface area (Å²) in [5.41, 5.74) is 0.367. The predicted octanol–water partition coefficient (Wildman–Crippen LogP) is 1.08. The maximum Gasteiger partial charge on any atom is 0.276 e. The molecule has 1 N–H and O–H groups in total. The zero-order chi connectivity index (χ0) is 16.8. The number of rotatable bonds is 5. The number of likely N-dealkylation sites (N-methyl/N-ethyl adjacent to an activating group) is 1. The third kappa shape index (κ3) is 4.79. The molecule has 1 aliphatic heterocycles. The van der Waals surface area contributed by atoms with Gasteiger partial charge < -0.3 is 14.7 Å². The van der Waals surface area contributed by atoms with Crippen molar-refractivity contribution in [1.82, 2.24) is 20.3 Å². The number of carbonyl (C=O) groups excluding carboxylic acids is 2. The molecule has 0 spiro atoms. The zero-order valence-corrected chi connectivity index (χ0v) is 14.2. The monoisotopic (exact) mass is 322 g/mol. The average molecular weight is 322 g/mol. The van der Waals surface area contributed by atoms with E-state index < -0.39 is 0 Å². The van der Waals surface area contributed by atoms with Gasteiger partial charge in [0.1, 0.15) is 5.76 Å². The SMILES string of the molecule is CCNC(=O)CN1CCCN(C(=O)c2cc(C(C)C)on2)CC1. The minimum absolute atomic E-state index is 0.0327. The molecule has 0 radical (unpaired) electrons. The molecule has 1 aromatic heterocycles. The molecule has 0 atom stereocenters. The van der Waals surface area contributed by atoms with E-state index >= 15 is 0 Å². The van der Waals surface area contributed by atoms with Crippen molar-refractivity contribution in [2.45, 2.75) is 33.1 Å². The minimum Gasteiger partial charge on any atom is -0.360 e. The first-order chi connectivity index (χ1) is 11.0. The van der Waals surface area contributed by atoms with Crippen molar-refractivity contribution in [3.63, 3.8) is 0 Å². The number of nitrogens with zero attached hydrogens (tertiary/aromatic N) is 3. The van der Waals surface area contributed by atoms with Crippen LogP contribution in [0, 0.1) is 0 Å². The van der Waals surface area contributed by atoms with Crippen molar-refractivity contribution in [3.8, 4) is 0 Å². The lowest BCUT2D eigenvalue weighted by Gasteiger charge is -2.20. The maximum absolute atomic E-state index is 12.5. The lowest BCUT2D eigenvalue weighted by Crippen LogP contribution is -2.40. The summed E-state index contributed by atoms with van der Waals surface area (Å²) < 4.78 is 5.21. The molecule has 2 amide bonds. The van der Waals surface area contributed by atoms with E-state index in [2.05, 4.69) is 15.4 Å². The van der Waals surface area contributed by atoms with Crippen LogP contribution in [0.25, 0.3) is 0 Å². The molecule has 128 valence electrons. The first kappa shape index (κ1) is 17.5. The third-order valence-electron chi connectivity index (χ3n) is 3.93. The van der Waals surface area contributed by atoms with Gasteiger partial charge in [-0.3, -0.25) is 14.5 Å². The van der Waals surface area contributed by atoms with Gasteiger partial charge in [-0.1, -0.05) is 19.0 Å². The summed E-state index contributed by atoms with van der Waals surface area (Å²) in [4.78, 5) is 28.1. The molecule has 0 saturated carbocycles. The van der Waals surface area contributed by atoms with E-state index in [1.165, 1.54) is 0 Å².